The van der Waals surface area contributed by atoms with Crippen LogP contribution in [0.1, 0.15) is 21.5 Å². The zero-order chi connectivity index (χ0) is 24.8. The molecule has 0 N–H and O–H groups in total. The number of anilines is 1. The first kappa shape index (κ1) is 24.8. The Labute approximate surface area is 207 Å². The molecule has 2 heterocycles. The highest BCUT2D eigenvalue weighted by atomic mass is 16.5. The summed E-state index contributed by atoms with van der Waals surface area (Å²) in [4.78, 5) is 19.8. The quantitative estimate of drug-likeness (QED) is 0.464. The molecule has 0 spiro atoms. The summed E-state index contributed by atoms with van der Waals surface area (Å²) < 4.78 is 16.8. The van der Waals surface area contributed by atoms with Crippen LogP contribution in [0, 0.1) is 6.92 Å². The van der Waals surface area contributed by atoms with E-state index in [1.54, 1.807) is 13.2 Å². The van der Waals surface area contributed by atoms with Gasteiger partial charge in [0.05, 0.1) is 32.4 Å². The minimum Gasteiger partial charge on any atom is -0.497 e. The molecular weight excluding hydrogens is 444 g/mol. The van der Waals surface area contributed by atoms with Crippen molar-refractivity contribution in [1.82, 2.24) is 15.0 Å². The van der Waals surface area contributed by atoms with E-state index in [0.717, 1.165) is 42.0 Å². The molecule has 0 unspecified atom stereocenters. The van der Waals surface area contributed by atoms with E-state index in [0.29, 0.717) is 43.5 Å². The summed E-state index contributed by atoms with van der Waals surface area (Å²) in [5.41, 5.74) is 4.38. The Morgan fingerprint density at radius 3 is 2.57 bits per heavy atom. The van der Waals surface area contributed by atoms with Gasteiger partial charge in [0.1, 0.15) is 11.4 Å². The molecule has 0 saturated carbocycles. The lowest BCUT2D eigenvalue weighted by molar-refractivity contribution is 0.0731. The van der Waals surface area contributed by atoms with E-state index in [-0.39, 0.29) is 5.91 Å². The monoisotopic (exact) mass is 478 g/mol. The fourth-order valence-corrected chi connectivity index (χ4v) is 4.18. The third kappa shape index (κ3) is 6.01. The number of rotatable bonds is 9. The molecule has 1 saturated heterocycles. The van der Waals surface area contributed by atoms with Crippen LogP contribution in [0.5, 0.6) is 5.75 Å². The first-order chi connectivity index (χ1) is 17.0. The molecule has 4 rings (SSSR count). The van der Waals surface area contributed by atoms with Crippen LogP contribution < -0.4 is 9.64 Å². The Morgan fingerprint density at radius 1 is 1.09 bits per heavy atom. The first-order valence-corrected chi connectivity index (χ1v) is 11.9. The smallest absolute Gasteiger partial charge is 0.254 e. The van der Waals surface area contributed by atoms with Gasteiger partial charge in [-0.05, 0) is 45.3 Å². The van der Waals surface area contributed by atoms with Crippen molar-refractivity contribution in [1.29, 1.82) is 0 Å². The predicted octanol–water partition coefficient (Wildman–Crippen LogP) is 3.70. The maximum Gasteiger partial charge on any atom is 0.254 e. The van der Waals surface area contributed by atoms with Crippen molar-refractivity contribution < 1.29 is 18.8 Å². The minimum absolute atomic E-state index is 0.0601. The molecule has 0 atom stereocenters. The Hall–Kier alpha value is -3.36. The van der Waals surface area contributed by atoms with Gasteiger partial charge in [-0.3, -0.25) is 4.79 Å². The fourth-order valence-electron chi connectivity index (χ4n) is 4.18. The molecule has 35 heavy (non-hydrogen) atoms. The molecule has 0 aliphatic carbocycles. The largest absolute Gasteiger partial charge is 0.497 e. The number of morpholine rings is 1. The van der Waals surface area contributed by atoms with Gasteiger partial charge in [-0.1, -0.05) is 35.0 Å². The molecule has 0 radical (unpaired) electrons. The number of aryl methyl sites for hydroxylation is 1. The summed E-state index contributed by atoms with van der Waals surface area (Å²) >= 11 is 0. The van der Waals surface area contributed by atoms with Crippen molar-refractivity contribution >= 4 is 11.8 Å². The Balaban J connectivity index is 1.73. The number of ether oxygens (including phenoxy) is 2. The normalized spacial score (nSPS) is 13.8. The van der Waals surface area contributed by atoms with Crippen molar-refractivity contribution in [2.75, 3.05) is 65.5 Å². The van der Waals surface area contributed by atoms with Crippen molar-refractivity contribution in [3.63, 3.8) is 0 Å². The second-order valence-electron chi connectivity index (χ2n) is 9.05. The second-order valence-corrected chi connectivity index (χ2v) is 9.05. The predicted molar refractivity (Wildman–Crippen MR) is 136 cm³/mol. The lowest BCUT2D eigenvalue weighted by Crippen LogP contribution is -2.38. The number of aromatic nitrogens is 1. The molecule has 2 aromatic carbocycles. The molecule has 8 nitrogen and oxygen atoms in total. The molecule has 1 fully saturated rings. The average Bonchev–Trinajstić information content (AvgIpc) is 3.30. The van der Waals surface area contributed by atoms with Crippen molar-refractivity contribution in [2.45, 2.75) is 13.5 Å². The van der Waals surface area contributed by atoms with Crippen molar-refractivity contribution in [3.8, 4) is 17.0 Å². The molecule has 8 heteroatoms. The highest BCUT2D eigenvalue weighted by Crippen LogP contribution is 2.33. The molecule has 0 bridgehead atoms. The van der Waals surface area contributed by atoms with Crippen LogP contribution in [0.3, 0.4) is 0 Å². The molecule has 1 aromatic heterocycles. The van der Waals surface area contributed by atoms with Gasteiger partial charge in [0.15, 0.2) is 0 Å². The molecule has 1 aliphatic heterocycles. The molecule has 1 aliphatic rings. The van der Waals surface area contributed by atoms with E-state index >= 15 is 0 Å². The summed E-state index contributed by atoms with van der Waals surface area (Å²) in [6.07, 6.45) is 0. The second kappa shape index (κ2) is 11.4. The van der Waals surface area contributed by atoms with Gasteiger partial charge in [-0.2, -0.15) is 0 Å². The van der Waals surface area contributed by atoms with Crippen molar-refractivity contribution in [2.24, 2.45) is 0 Å². The number of hydrogen-bond donors (Lipinski definition) is 0. The van der Waals surface area contributed by atoms with Crippen LogP contribution in [0.15, 0.2) is 53.1 Å². The van der Waals surface area contributed by atoms with Crippen LogP contribution in [0.4, 0.5) is 5.88 Å². The van der Waals surface area contributed by atoms with Crippen LogP contribution >= 0.6 is 0 Å². The summed E-state index contributed by atoms with van der Waals surface area (Å²) in [5, 5.41) is 4.48. The number of amides is 1. The summed E-state index contributed by atoms with van der Waals surface area (Å²) in [6, 6.07) is 15.5. The van der Waals surface area contributed by atoms with Gasteiger partial charge >= 0.3 is 0 Å². The number of carbonyl (C=O) groups excluding carboxylic acids is 1. The third-order valence-corrected chi connectivity index (χ3v) is 6.13. The van der Waals surface area contributed by atoms with Crippen LogP contribution in [-0.4, -0.2) is 81.5 Å². The zero-order valence-electron chi connectivity index (χ0n) is 21.0. The number of nitrogens with zero attached hydrogens (tertiary/aromatic N) is 4. The molecule has 1 amide bonds. The van der Waals surface area contributed by atoms with E-state index in [1.165, 1.54) is 0 Å². The van der Waals surface area contributed by atoms with Crippen LogP contribution in [0.25, 0.3) is 11.3 Å². The SMILES string of the molecule is COc1cccc(C(=O)N(CCN(C)C)Cc2c(-c3cccc(C)c3)noc2N2CCOCC2)c1. The van der Waals surface area contributed by atoms with Gasteiger partial charge in [-0.15, -0.1) is 0 Å². The first-order valence-electron chi connectivity index (χ1n) is 11.9. The number of likely N-dealkylation sites (N-methyl/N-ethyl adjacent to an activating group) is 1. The van der Waals surface area contributed by atoms with Gasteiger partial charge in [0, 0.05) is 37.3 Å². The van der Waals surface area contributed by atoms with E-state index in [9.17, 15) is 4.79 Å². The van der Waals surface area contributed by atoms with Crippen LogP contribution in [-0.2, 0) is 11.3 Å². The summed E-state index contributed by atoms with van der Waals surface area (Å²) in [7, 11) is 5.61. The maximum atomic E-state index is 13.7. The minimum atomic E-state index is -0.0601. The number of hydrogen-bond acceptors (Lipinski definition) is 7. The van der Waals surface area contributed by atoms with E-state index in [2.05, 4.69) is 34.0 Å². The Morgan fingerprint density at radius 2 is 1.86 bits per heavy atom. The fraction of sp³-hybridized carbons (Fsp3) is 0.407. The number of methoxy groups -OCH3 is 1. The standard InChI is InChI=1S/C27H34N4O4/c1-20-7-5-8-21(17-20)25-24(27(35-28-25)30-13-15-34-16-14-30)19-31(12-11-29(2)3)26(32)22-9-6-10-23(18-22)33-4/h5-10,17-18H,11-16,19H2,1-4H3. The zero-order valence-corrected chi connectivity index (χ0v) is 21.0. The summed E-state index contributed by atoms with van der Waals surface area (Å²) in [6.45, 7) is 6.43. The lowest BCUT2D eigenvalue weighted by Gasteiger charge is -2.29. The number of benzene rings is 2. The highest BCUT2D eigenvalue weighted by Gasteiger charge is 2.28. The van der Waals surface area contributed by atoms with Crippen LogP contribution in [0.2, 0.25) is 0 Å². The van der Waals surface area contributed by atoms with Gasteiger partial charge in [0.2, 0.25) is 5.88 Å². The van der Waals surface area contributed by atoms with Gasteiger partial charge < -0.3 is 28.7 Å². The van der Waals surface area contributed by atoms with Gasteiger partial charge in [-0.25, -0.2) is 0 Å². The molecule has 3 aromatic rings. The van der Waals surface area contributed by atoms with E-state index in [1.807, 2.05) is 49.3 Å². The number of carbonyl (C=O) groups is 1. The highest BCUT2D eigenvalue weighted by molar-refractivity contribution is 5.94. The molecule has 186 valence electrons. The lowest BCUT2D eigenvalue weighted by atomic mass is 10.0. The van der Waals surface area contributed by atoms with Crippen molar-refractivity contribution in [3.05, 3.63) is 65.2 Å². The maximum absolute atomic E-state index is 13.7. The Kier molecular flexibility index (Phi) is 8.05. The molecular formula is C27H34N4O4. The topological polar surface area (TPSA) is 71.3 Å². The van der Waals surface area contributed by atoms with Gasteiger partial charge in [0.25, 0.3) is 5.91 Å². The average molecular weight is 479 g/mol. The van der Waals surface area contributed by atoms with E-state index in [4.69, 9.17) is 14.0 Å². The van der Waals surface area contributed by atoms with E-state index < -0.39 is 0 Å². The Bertz CT molecular complexity index is 1140. The third-order valence-electron chi connectivity index (χ3n) is 6.13. The summed E-state index contributed by atoms with van der Waals surface area (Å²) in [5.74, 6) is 1.30.